The van der Waals surface area contributed by atoms with Crippen molar-refractivity contribution in [3.8, 4) is 0 Å². The zero-order chi connectivity index (χ0) is 18.1. The van der Waals surface area contributed by atoms with E-state index in [1.165, 1.54) is 5.48 Å². The highest BCUT2D eigenvalue weighted by Gasteiger charge is 2.29. The fraction of sp³-hybridized carbons (Fsp3) is 0.471. The van der Waals surface area contributed by atoms with Gasteiger partial charge in [0.1, 0.15) is 12.0 Å². The molecule has 3 amide bonds. The van der Waals surface area contributed by atoms with Crippen LogP contribution in [0, 0.1) is 11.8 Å². The first-order chi connectivity index (χ1) is 11.3. The fourth-order valence-electron chi connectivity index (χ4n) is 2.20. The van der Waals surface area contributed by atoms with Crippen molar-refractivity contribution >= 4 is 17.7 Å². The third-order valence-electron chi connectivity index (χ3n) is 3.51. The van der Waals surface area contributed by atoms with E-state index in [1.807, 2.05) is 44.2 Å². The molecule has 0 fully saturated rings. The van der Waals surface area contributed by atoms with Crippen molar-refractivity contribution in [3.05, 3.63) is 35.9 Å². The quantitative estimate of drug-likeness (QED) is 0.323. The summed E-state index contributed by atoms with van der Waals surface area (Å²) < 4.78 is 0. The van der Waals surface area contributed by atoms with Crippen molar-refractivity contribution < 1.29 is 19.6 Å². The van der Waals surface area contributed by atoms with Crippen LogP contribution in [0.3, 0.4) is 0 Å². The molecule has 0 saturated heterocycles. The number of amides is 3. The molecule has 0 aromatic heterocycles. The van der Waals surface area contributed by atoms with Crippen molar-refractivity contribution in [2.75, 3.05) is 0 Å². The van der Waals surface area contributed by atoms with Crippen LogP contribution < -0.4 is 16.1 Å². The smallest absolute Gasteiger partial charge is 0.255 e. The summed E-state index contributed by atoms with van der Waals surface area (Å²) in [7, 11) is 0. The second kappa shape index (κ2) is 9.67. The minimum atomic E-state index is -1.04. The molecule has 0 saturated carbocycles. The number of hydrogen-bond donors (Lipinski definition) is 4. The number of rotatable bonds is 8. The lowest BCUT2D eigenvalue weighted by Crippen LogP contribution is -2.49. The lowest BCUT2D eigenvalue weighted by atomic mass is 9.95. The van der Waals surface area contributed by atoms with E-state index in [-0.39, 0.29) is 18.2 Å². The van der Waals surface area contributed by atoms with Gasteiger partial charge in [0.15, 0.2) is 0 Å². The molecule has 0 spiro atoms. The normalized spacial score (nSPS) is 13.0. The number of nitrogens with one attached hydrogen (secondary N) is 3. The molecular formula is C17H25N3O4. The highest BCUT2D eigenvalue weighted by atomic mass is 16.5. The van der Waals surface area contributed by atoms with E-state index in [2.05, 4.69) is 10.6 Å². The summed E-state index contributed by atoms with van der Waals surface area (Å²) in [4.78, 5) is 35.9. The maximum atomic E-state index is 12.2. The minimum Gasteiger partial charge on any atom is -0.350 e. The lowest BCUT2D eigenvalue weighted by molar-refractivity contribution is -0.142. The predicted molar refractivity (Wildman–Crippen MR) is 88.8 cm³/mol. The molecule has 1 aromatic carbocycles. The average molecular weight is 335 g/mol. The van der Waals surface area contributed by atoms with Crippen molar-refractivity contribution in [2.24, 2.45) is 11.8 Å². The Labute approximate surface area is 141 Å². The van der Waals surface area contributed by atoms with Gasteiger partial charge in [-0.15, -0.1) is 0 Å². The van der Waals surface area contributed by atoms with Gasteiger partial charge in [-0.2, -0.15) is 0 Å². The fourth-order valence-corrected chi connectivity index (χ4v) is 2.20. The predicted octanol–water partition coefficient (Wildman–Crippen LogP) is 0.975. The van der Waals surface area contributed by atoms with Crippen LogP contribution in [0.4, 0.5) is 0 Å². The van der Waals surface area contributed by atoms with Gasteiger partial charge in [0.25, 0.3) is 5.91 Å². The molecule has 0 bridgehead atoms. The molecule has 0 aliphatic rings. The van der Waals surface area contributed by atoms with Crippen molar-refractivity contribution in [2.45, 2.75) is 39.8 Å². The third kappa shape index (κ3) is 6.37. The van der Waals surface area contributed by atoms with E-state index in [9.17, 15) is 14.4 Å². The van der Waals surface area contributed by atoms with E-state index in [4.69, 9.17) is 5.21 Å². The van der Waals surface area contributed by atoms with Crippen molar-refractivity contribution in [1.29, 1.82) is 0 Å². The van der Waals surface area contributed by atoms with Gasteiger partial charge < -0.3 is 10.6 Å². The molecule has 1 rings (SSSR count). The molecule has 132 valence electrons. The van der Waals surface area contributed by atoms with Crippen LogP contribution in [0.15, 0.2) is 30.3 Å². The van der Waals surface area contributed by atoms with Gasteiger partial charge in [0, 0.05) is 6.54 Å². The summed E-state index contributed by atoms with van der Waals surface area (Å²) in [6.07, 6.45) is 0.274. The lowest BCUT2D eigenvalue weighted by Gasteiger charge is -2.20. The molecule has 0 heterocycles. The molecule has 1 aromatic rings. The summed E-state index contributed by atoms with van der Waals surface area (Å²) in [5.41, 5.74) is 2.45. The average Bonchev–Trinajstić information content (AvgIpc) is 2.57. The van der Waals surface area contributed by atoms with Crippen LogP contribution in [0.5, 0.6) is 0 Å². The molecule has 7 heteroatoms. The Bertz CT molecular complexity index is 560. The van der Waals surface area contributed by atoms with Crippen LogP contribution >= 0.6 is 0 Å². The van der Waals surface area contributed by atoms with Gasteiger partial charge >= 0.3 is 0 Å². The van der Waals surface area contributed by atoms with Gasteiger partial charge in [-0.05, 0) is 24.8 Å². The molecule has 4 N–H and O–H groups in total. The zero-order valence-corrected chi connectivity index (χ0v) is 14.2. The van der Waals surface area contributed by atoms with E-state index in [1.54, 1.807) is 6.92 Å². The Morgan fingerprint density at radius 3 is 2.17 bits per heavy atom. The number of hydrogen-bond acceptors (Lipinski definition) is 4. The number of hydroxylamine groups is 1. The van der Waals surface area contributed by atoms with Gasteiger partial charge in [0.2, 0.25) is 11.8 Å². The SMILES string of the molecule is CC(C)C[C@H](C(=O)NO)C(=O)N[C@@H](C)C(=O)NCc1ccccc1. The second-order valence-corrected chi connectivity index (χ2v) is 6.09. The summed E-state index contributed by atoms with van der Waals surface area (Å²) in [6.45, 7) is 5.62. The highest BCUT2D eigenvalue weighted by molar-refractivity contribution is 6.01. The molecule has 0 aliphatic carbocycles. The van der Waals surface area contributed by atoms with E-state index in [0.29, 0.717) is 6.54 Å². The Morgan fingerprint density at radius 1 is 1.00 bits per heavy atom. The zero-order valence-electron chi connectivity index (χ0n) is 14.2. The summed E-state index contributed by atoms with van der Waals surface area (Å²) in [5, 5.41) is 14.0. The van der Waals surface area contributed by atoms with Crippen molar-refractivity contribution in [3.63, 3.8) is 0 Å². The van der Waals surface area contributed by atoms with Gasteiger partial charge in [-0.3, -0.25) is 19.6 Å². The Hall–Kier alpha value is -2.41. The largest absolute Gasteiger partial charge is 0.350 e. The van der Waals surface area contributed by atoms with Crippen LogP contribution in [-0.2, 0) is 20.9 Å². The minimum absolute atomic E-state index is 0.0836. The molecular weight excluding hydrogens is 310 g/mol. The Morgan fingerprint density at radius 2 is 1.62 bits per heavy atom. The molecule has 24 heavy (non-hydrogen) atoms. The molecule has 0 radical (unpaired) electrons. The second-order valence-electron chi connectivity index (χ2n) is 6.09. The molecule has 7 nitrogen and oxygen atoms in total. The van der Waals surface area contributed by atoms with Crippen LogP contribution in [-0.4, -0.2) is 29.0 Å². The number of benzene rings is 1. The topological polar surface area (TPSA) is 108 Å². The Kier molecular flexibility index (Phi) is 7.91. The van der Waals surface area contributed by atoms with Crippen molar-refractivity contribution in [1.82, 2.24) is 16.1 Å². The van der Waals surface area contributed by atoms with Gasteiger partial charge in [0.05, 0.1) is 0 Å². The standard InChI is InChI=1S/C17H25N3O4/c1-11(2)9-14(17(23)20-24)16(22)19-12(3)15(21)18-10-13-7-5-4-6-8-13/h4-8,11-12,14,24H,9-10H2,1-3H3,(H,18,21)(H,19,22)(H,20,23)/t12-,14-/m0/s1. The molecule has 0 unspecified atom stereocenters. The summed E-state index contributed by atoms with van der Waals surface area (Å²) >= 11 is 0. The number of carbonyl (C=O) groups excluding carboxylic acids is 3. The third-order valence-corrected chi connectivity index (χ3v) is 3.51. The molecule has 2 atom stereocenters. The highest BCUT2D eigenvalue weighted by Crippen LogP contribution is 2.12. The monoisotopic (exact) mass is 335 g/mol. The van der Waals surface area contributed by atoms with Crippen LogP contribution in [0.1, 0.15) is 32.8 Å². The first kappa shape index (κ1) is 19.6. The van der Waals surface area contributed by atoms with Crippen LogP contribution in [0.2, 0.25) is 0 Å². The van der Waals surface area contributed by atoms with E-state index >= 15 is 0 Å². The van der Waals surface area contributed by atoms with Gasteiger partial charge in [-0.25, -0.2) is 5.48 Å². The van der Waals surface area contributed by atoms with Crippen LogP contribution in [0.25, 0.3) is 0 Å². The Balaban J connectivity index is 2.56. The summed E-state index contributed by atoms with van der Waals surface area (Å²) in [5.74, 6) is -2.67. The molecule has 0 aliphatic heterocycles. The maximum Gasteiger partial charge on any atom is 0.255 e. The number of carbonyl (C=O) groups is 3. The maximum absolute atomic E-state index is 12.2. The first-order valence-corrected chi connectivity index (χ1v) is 7.91. The summed E-state index contributed by atoms with van der Waals surface area (Å²) in [6, 6.07) is 8.60. The van der Waals surface area contributed by atoms with E-state index < -0.39 is 23.8 Å². The van der Waals surface area contributed by atoms with E-state index in [0.717, 1.165) is 5.56 Å². The first-order valence-electron chi connectivity index (χ1n) is 7.91. The van der Waals surface area contributed by atoms with Gasteiger partial charge in [-0.1, -0.05) is 44.2 Å².